The Kier molecular flexibility index (Phi) is 5.83. The van der Waals surface area contributed by atoms with Gasteiger partial charge in [-0.25, -0.2) is 0 Å². The molecule has 0 atom stereocenters. The fraction of sp³-hybridized carbons (Fsp3) is 0.611. The van der Waals surface area contributed by atoms with Crippen molar-refractivity contribution in [2.75, 3.05) is 11.9 Å². The maximum atomic E-state index is 12.2. The number of aliphatic hydroxyl groups is 1. The average Bonchev–Trinajstić information content (AvgIpc) is 2.46. The first-order chi connectivity index (χ1) is 10.5. The van der Waals surface area contributed by atoms with E-state index in [1.165, 1.54) is 0 Å². The number of nitrogens with one attached hydrogen (secondary N) is 1. The van der Waals surface area contributed by atoms with Gasteiger partial charge in [-0.2, -0.15) is 0 Å². The van der Waals surface area contributed by atoms with Gasteiger partial charge in [0.05, 0.1) is 24.3 Å². The number of hydrogen-bond acceptors (Lipinski definition) is 3. The number of anilines is 1. The summed E-state index contributed by atoms with van der Waals surface area (Å²) in [4.78, 5) is 12.2. The van der Waals surface area contributed by atoms with Gasteiger partial charge in [0.25, 0.3) is 0 Å². The van der Waals surface area contributed by atoms with Gasteiger partial charge in [0, 0.05) is 0 Å². The Morgan fingerprint density at radius 2 is 1.95 bits per heavy atom. The summed E-state index contributed by atoms with van der Waals surface area (Å²) >= 11 is 0. The van der Waals surface area contributed by atoms with Gasteiger partial charge in [0.2, 0.25) is 5.91 Å². The molecule has 0 radical (unpaired) electrons. The van der Waals surface area contributed by atoms with Gasteiger partial charge in [0.1, 0.15) is 5.75 Å². The van der Waals surface area contributed by atoms with E-state index < -0.39 is 5.60 Å². The molecular formula is C18H27NO3. The summed E-state index contributed by atoms with van der Waals surface area (Å²) in [5.74, 6) is 0.955. The smallest absolute Gasteiger partial charge is 0.227 e. The normalized spacial score (nSPS) is 17.3. The summed E-state index contributed by atoms with van der Waals surface area (Å²) in [7, 11) is 0. The van der Waals surface area contributed by atoms with Gasteiger partial charge in [-0.05, 0) is 30.9 Å². The van der Waals surface area contributed by atoms with Crippen LogP contribution in [0.2, 0.25) is 0 Å². The second-order valence-corrected chi connectivity index (χ2v) is 6.71. The van der Waals surface area contributed by atoms with Crippen molar-refractivity contribution in [2.24, 2.45) is 5.92 Å². The van der Waals surface area contributed by atoms with E-state index in [1.54, 1.807) is 0 Å². The molecule has 2 N–H and O–H groups in total. The van der Waals surface area contributed by atoms with Crippen LogP contribution in [0.1, 0.15) is 52.4 Å². The van der Waals surface area contributed by atoms with Crippen molar-refractivity contribution < 1.29 is 14.6 Å². The van der Waals surface area contributed by atoms with Crippen LogP contribution in [0, 0.1) is 5.92 Å². The zero-order chi connectivity index (χ0) is 16.0. The Bertz CT molecular complexity index is 493. The topological polar surface area (TPSA) is 58.6 Å². The molecule has 1 aliphatic rings. The zero-order valence-corrected chi connectivity index (χ0v) is 13.6. The van der Waals surface area contributed by atoms with Gasteiger partial charge < -0.3 is 15.2 Å². The first kappa shape index (κ1) is 16.8. The molecule has 0 unspecified atom stereocenters. The van der Waals surface area contributed by atoms with E-state index in [4.69, 9.17) is 4.74 Å². The van der Waals surface area contributed by atoms with E-state index in [1.807, 2.05) is 24.3 Å². The minimum absolute atomic E-state index is 0.148. The molecule has 1 aromatic carbocycles. The van der Waals surface area contributed by atoms with Gasteiger partial charge in [-0.1, -0.05) is 45.2 Å². The molecule has 122 valence electrons. The van der Waals surface area contributed by atoms with E-state index in [0.29, 0.717) is 36.8 Å². The first-order valence-electron chi connectivity index (χ1n) is 8.23. The van der Waals surface area contributed by atoms with Crippen molar-refractivity contribution >= 4 is 11.6 Å². The standard InChI is InChI=1S/C18H27NO3/c1-14(2)13-22-16-9-5-4-8-15(16)19-17(20)12-18(21)10-6-3-7-11-18/h4-5,8-9,14,21H,3,6-7,10-13H2,1-2H3,(H,19,20). The van der Waals surface area contributed by atoms with Crippen molar-refractivity contribution in [3.63, 3.8) is 0 Å². The maximum Gasteiger partial charge on any atom is 0.227 e. The monoisotopic (exact) mass is 305 g/mol. The zero-order valence-electron chi connectivity index (χ0n) is 13.6. The maximum absolute atomic E-state index is 12.2. The predicted molar refractivity (Wildman–Crippen MR) is 88.1 cm³/mol. The van der Waals surface area contributed by atoms with Crippen molar-refractivity contribution in [3.8, 4) is 5.75 Å². The van der Waals surface area contributed by atoms with Gasteiger partial charge in [-0.15, -0.1) is 0 Å². The van der Waals surface area contributed by atoms with Crippen molar-refractivity contribution in [2.45, 2.75) is 58.0 Å². The fourth-order valence-electron chi connectivity index (χ4n) is 2.83. The Labute approximate surface area is 132 Å². The molecule has 2 rings (SSSR count). The number of ether oxygens (including phenoxy) is 1. The minimum Gasteiger partial charge on any atom is -0.491 e. The van der Waals surface area contributed by atoms with E-state index in [-0.39, 0.29) is 12.3 Å². The number of carbonyl (C=O) groups excluding carboxylic acids is 1. The Morgan fingerprint density at radius 1 is 1.27 bits per heavy atom. The molecule has 0 aliphatic heterocycles. The number of para-hydroxylation sites is 2. The van der Waals surface area contributed by atoms with Crippen LogP contribution in [0.4, 0.5) is 5.69 Å². The molecule has 22 heavy (non-hydrogen) atoms. The third-order valence-electron chi connectivity index (χ3n) is 4.01. The predicted octanol–water partition coefficient (Wildman–Crippen LogP) is 3.75. The molecule has 0 heterocycles. The van der Waals surface area contributed by atoms with E-state index in [2.05, 4.69) is 19.2 Å². The summed E-state index contributed by atoms with van der Waals surface area (Å²) < 4.78 is 5.74. The average molecular weight is 305 g/mol. The molecule has 1 aliphatic carbocycles. The highest BCUT2D eigenvalue weighted by molar-refractivity contribution is 5.92. The lowest BCUT2D eigenvalue weighted by molar-refractivity contribution is -0.122. The van der Waals surface area contributed by atoms with Gasteiger partial charge in [0.15, 0.2) is 0 Å². The highest BCUT2D eigenvalue weighted by Crippen LogP contribution is 2.32. The Morgan fingerprint density at radius 3 is 2.64 bits per heavy atom. The van der Waals surface area contributed by atoms with E-state index in [9.17, 15) is 9.90 Å². The summed E-state index contributed by atoms with van der Waals surface area (Å²) in [5, 5.41) is 13.4. The van der Waals surface area contributed by atoms with Crippen molar-refractivity contribution in [3.05, 3.63) is 24.3 Å². The van der Waals surface area contributed by atoms with Crippen LogP contribution >= 0.6 is 0 Å². The lowest BCUT2D eigenvalue weighted by Gasteiger charge is -2.31. The Balaban J connectivity index is 1.96. The third kappa shape index (κ3) is 5.02. The number of carbonyl (C=O) groups is 1. The third-order valence-corrected chi connectivity index (χ3v) is 4.01. The molecule has 1 amide bonds. The highest BCUT2D eigenvalue weighted by Gasteiger charge is 2.31. The second-order valence-electron chi connectivity index (χ2n) is 6.71. The lowest BCUT2D eigenvalue weighted by atomic mass is 9.82. The quantitative estimate of drug-likeness (QED) is 0.841. The van der Waals surface area contributed by atoms with Crippen LogP contribution in [0.5, 0.6) is 5.75 Å². The highest BCUT2D eigenvalue weighted by atomic mass is 16.5. The van der Waals surface area contributed by atoms with Gasteiger partial charge >= 0.3 is 0 Å². The summed E-state index contributed by atoms with van der Waals surface area (Å²) in [5.41, 5.74) is -0.164. The molecule has 1 fully saturated rings. The molecule has 0 spiro atoms. The first-order valence-corrected chi connectivity index (χ1v) is 8.23. The van der Waals surface area contributed by atoms with E-state index >= 15 is 0 Å². The fourth-order valence-corrected chi connectivity index (χ4v) is 2.83. The Hall–Kier alpha value is -1.55. The minimum atomic E-state index is -0.837. The number of amides is 1. The van der Waals surface area contributed by atoms with Crippen LogP contribution in [-0.2, 0) is 4.79 Å². The van der Waals surface area contributed by atoms with Crippen molar-refractivity contribution in [1.29, 1.82) is 0 Å². The molecule has 0 saturated heterocycles. The summed E-state index contributed by atoms with van der Waals surface area (Å²) in [6, 6.07) is 7.44. The van der Waals surface area contributed by atoms with E-state index in [0.717, 1.165) is 19.3 Å². The SMILES string of the molecule is CC(C)COc1ccccc1NC(=O)CC1(O)CCCCC1. The van der Waals surface area contributed by atoms with Crippen LogP contribution in [0.15, 0.2) is 24.3 Å². The number of rotatable bonds is 6. The van der Waals surface area contributed by atoms with Crippen LogP contribution in [-0.4, -0.2) is 23.2 Å². The second kappa shape index (κ2) is 7.63. The largest absolute Gasteiger partial charge is 0.491 e. The van der Waals surface area contributed by atoms with Gasteiger partial charge in [-0.3, -0.25) is 4.79 Å². The van der Waals surface area contributed by atoms with Crippen LogP contribution in [0.25, 0.3) is 0 Å². The van der Waals surface area contributed by atoms with Crippen LogP contribution < -0.4 is 10.1 Å². The summed E-state index contributed by atoms with van der Waals surface area (Å²) in [6.45, 7) is 4.77. The lowest BCUT2D eigenvalue weighted by Crippen LogP contribution is -2.35. The molecular weight excluding hydrogens is 278 g/mol. The molecule has 0 bridgehead atoms. The molecule has 1 saturated carbocycles. The molecule has 1 aromatic rings. The number of hydrogen-bond donors (Lipinski definition) is 2. The van der Waals surface area contributed by atoms with Crippen molar-refractivity contribution in [1.82, 2.24) is 0 Å². The molecule has 0 aromatic heterocycles. The molecule has 4 nitrogen and oxygen atoms in total. The number of benzene rings is 1. The van der Waals surface area contributed by atoms with Crippen LogP contribution in [0.3, 0.4) is 0 Å². The summed E-state index contributed by atoms with van der Waals surface area (Å²) in [6.07, 6.45) is 4.73. The molecule has 4 heteroatoms.